The molecule has 33 heavy (non-hydrogen) atoms. The Bertz CT molecular complexity index is 1100. The Morgan fingerprint density at radius 3 is 2.58 bits per heavy atom. The highest BCUT2D eigenvalue weighted by molar-refractivity contribution is 7.18. The molecule has 0 radical (unpaired) electrons. The first-order valence-corrected chi connectivity index (χ1v) is 12.2. The van der Waals surface area contributed by atoms with Crippen LogP contribution in [-0.2, 0) is 11.2 Å². The van der Waals surface area contributed by atoms with Crippen LogP contribution in [0, 0.1) is 5.82 Å². The Balaban J connectivity index is 1.39. The van der Waals surface area contributed by atoms with Gasteiger partial charge >= 0.3 is 0 Å². The molecule has 8 heteroatoms. The van der Waals surface area contributed by atoms with E-state index in [1.54, 1.807) is 17.0 Å². The molecule has 1 unspecified atom stereocenters. The number of nitrogens with zero attached hydrogens (tertiary/aromatic N) is 3. The first-order valence-electron chi connectivity index (χ1n) is 11.4. The summed E-state index contributed by atoms with van der Waals surface area (Å²) in [6.45, 7) is 2.73. The maximum Gasteiger partial charge on any atom is 0.254 e. The van der Waals surface area contributed by atoms with Crippen LogP contribution in [0.15, 0.2) is 48.5 Å². The van der Waals surface area contributed by atoms with Gasteiger partial charge < -0.3 is 4.90 Å². The van der Waals surface area contributed by atoms with Gasteiger partial charge in [-0.2, -0.15) is 0 Å². The van der Waals surface area contributed by atoms with E-state index in [9.17, 15) is 14.0 Å². The lowest BCUT2D eigenvalue weighted by atomic mass is 10.0. The van der Waals surface area contributed by atoms with E-state index < -0.39 is 6.04 Å². The molecule has 0 spiro atoms. The zero-order chi connectivity index (χ0) is 23.2. The molecule has 0 bridgehead atoms. The number of rotatable bonds is 8. The average molecular weight is 467 g/mol. The second-order valence-corrected chi connectivity index (χ2v) is 9.20. The van der Waals surface area contributed by atoms with Crippen LogP contribution in [0.4, 0.5) is 9.52 Å². The molecule has 1 saturated heterocycles. The number of carbonyl (C=O) groups excluding carboxylic acids is 2. The van der Waals surface area contributed by atoms with Crippen molar-refractivity contribution in [2.75, 3.05) is 11.9 Å². The van der Waals surface area contributed by atoms with E-state index in [1.165, 1.54) is 41.9 Å². The van der Waals surface area contributed by atoms with Crippen molar-refractivity contribution in [1.82, 2.24) is 15.1 Å². The highest BCUT2D eigenvalue weighted by atomic mass is 32.1. The Morgan fingerprint density at radius 2 is 1.85 bits per heavy atom. The molecule has 1 atom stereocenters. The minimum Gasteiger partial charge on any atom is -0.327 e. The fraction of sp³-hybridized carbons (Fsp3) is 0.360. The zero-order valence-electron chi connectivity index (χ0n) is 18.6. The summed E-state index contributed by atoms with van der Waals surface area (Å²) in [5.41, 5.74) is 2.55. The number of aryl methyl sites for hydroxylation is 1. The molecule has 2 heterocycles. The van der Waals surface area contributed by atoms with Crippen LogP contribution >= 0.6 is 11.3 Å². The van der Waals surface area contributed by atoms with Gasteiger partial charge in [0.05, 0.1) is 0 Å². The van der Waals surface area contributed by atoms with Crippen molar-refractivity contribution in [2.24, 2.45) is 0 Å². The molecule has 0 saturated carbocycles. The monoisotopic (exact) mass is 466 g/mol. The smallest absolute Gasteiger partial charge is 0.254 e. The average Bonchev–Trinajstić information content (AvgIpc) is 3.50. The molecule has 2 amide bonds. The highest BCUT2D eigenvalue weighted by Crippen LogP contribution is 2.28. The number of benzene rings is 2. The van der Waals surface area contributed by atoms with Crippen molar-refractivity contribution in [3.63, 3.8) is 0 Å². The summed E-state index contributed by atoms with van der Waals surface area (Å²) >= 11 is 1.21. The van der Waals surface area contributed by atoms with Gasteiger partial charge in [-0.15, -0.1) is 10.2 Å². The zero-order valence-corrected chi connectivity index (χ0v) is 19.4. The van der Waals surface area contributed by atoms with E-state index in [0.29, 0.717) is 28.7 Å². The summed E-state index contributed by atoms with van der Waals surface area (Å²) in [4.78, 5) is 27.7. The normalized spacial score (nSPS) is 15.6. The molecule has 1 aliphatic heterocycles. The predicted octanol–water partition coefficient (Wildman–Crippen LogP) is 5.32. The topological polar surface area (TPSA) is 75.2 Å². The molecule has 1 aliphatic rings. The molecule has 2 aromatic carbocycles. The number of likely N-dealkylation sites (tertiary alicyclic amines) is 1. The second-order valence-electron chi connectivity index (χ2n) is 8.22. The van der Waals surface area contributed by atoms with Crippen LogP contribution in [-0.4, -0.2) is 39.5 Å². The van der Waals surface area contributed by atoms with Gasteiger partial charge in [0, 0.05) is 17.7 Å². The van der Waals surface area contributed by atoms with Gasteiger partial charge in [0.15, 0.2) is 0 Å². The second kappa shape index (κ2) is 10.7. The van der Waals surface area contributed by atoms with Crippen LogP contribution in [0.5, 0.6) is 0 Å². The summed E-state index contributed by atoms with van der Waals surface area (Å²) in [6, 6.07) is 13.1. The van der Waals surface area contributed by atoms with Gasteiger partial charge in [0.2, 0.25) is 11.0 Å². The van der Waals surface area contributed by atoms with Crippen LogP contribution in [0.25, 0.3) is 10.6 Å². The summed E-state index contributed by atoms with van der Waals surface area (Å²) in [5.74, 6) is -0.718. The molecule has 1 fully saturated rings. The SMILES string of the molecule is CCCCCc1ccc(C(=O)N2CCCC2C(=O)Nc2nnc(-c3ccc(F)cc3)s2)cc1. The van der Waals surface area contributed by atoms with Crippen LogP contribution in [0.2, 0.25) is 0 Å². The lowest BCUT2D eigenvalue weighted by molar-refractivity contribution is -0.119. The van der Waals surface area contributed by atoms with E-state index in [4.69, 9.17) is 0 Å². The maximum absolute atomic E-state index is 13.1. The van der Waals surface area contributed by atoms with Crippen molar-refractivity contribution in [3.8, 4) is 10.6 Å². The van der Waals surface area contributed by atoms with E-state index in [-0.39, 0.29) is 17.6 Å². The number of amides is 2. The summed E-state index contributed by atoms with van der Waals surface area (Å²) < 4.78 is 13.1. The van der Waals surface area contributed by atoms with Gasteiger partial charge in [0.25, 0.3) is 5.91 Å². The molecule has 0 aliphatic carbocycles. The molecular weight excluding hydrogens is 439 g/mol. The Hall–Kier alpha value is -3.13. The van der Waals surface area contributed by atoms with Crippen molar-refractivity contribution in [1.29, 1.82) is 0 Å². The van der Waals surface area contributed by atoms with E-state index in [2.05, 4.69) is 22.4 Å². The van der Waals surface area contributed by atoms with E-state index in [0.717, 1.165) is 24.8 Å². The number of nitrogens with one attached hydrogen (secondary N) is 1. The number of unbranched alkanes of at least 4 members (excludes halogenated alkanes) is 2. The maximum atomic E-state index is 13.1. The number of anilines is 1. The largest absolute Gasteiger partial charge is 0.327 e. The number of carbonyl (C=O) groups is 2. The van der Waals surface area contributed by atoms with Gasteiger partial charge in [-0.1, -0.05) is 43.2 Å². The fourth-order valence-electron chi connectivity index (χ4n) is 4.01. The quantitative estimate of drug-likeness (QED) is 0.456. The predicted molar refractivity (Wildman–Crippen MR) is 128 cm³/mol. The first-order chi connectivity index (χ1) is 16.0. The number of aromatic nitrogens is 2. The number of halogens is 1. The molecular formula is C25H27FN4O2S. The van der Waals surface area contributed by atoms with Crippen LogP contribution < -0.4 is 5.32 Å². The van der Waals surface area contributed by atoms with Crippen molar-refractivity contribution in [3.05, 3.63) is 65.5 Å². The van der Waals surface area contributed by atoms with Gasteiger partial charge in [-0.3, -0.25) is 14.9 Å². The Labute approximate surface area is 196 Å². The fourth-order valence-corrected chi connectivity index (χ4v) is 4.76. The van der Waals surface area contributed by atoms with E-state index in [1.807, 2.05) is 24.3 Å². The third kappa shape index (κ3) is 5.63. The third-order valence-corrected chi connectivity index (χ3v) is 6.72. The highest BCUT2D eigenvalue weighted by Gasteiger charge is 2.35. The van der Waals surface area contributed by atoms with Gasteiger partial charge in [-0.05, 0) is 67.6 Å². The van der Waals surface area contributed by atoms with Crippen LogP contribution in [0.3, 0.4) is 0 Å². The Morgan fingerprint density at radius 1 is 1.09 bits per heavy atom. The molecule has 4 rings (SSSR count). The lowest BCUT2D eigenvalue weighted by Gasteiger charge is -2.23. The van der Waals surface area contributed by atoms with Crippen molar-refractivity contribution < 1.29 is 14.0 Å². The third-order valence-electron chi connectivity index (χ3n) is 5.83. The summed E-state index contributed by atoms with van der Waals surface area (Å²) in [6.07, 6.45) is 5.92. The molecule has 1 aromatic heterocycles. The van der Waals surface area contributed by atoms with Gasteiger partial charge in [0.1, 0.15) is 16.9 Å². The minimum absolute atomic E-state index is 0.128. The molecule has 1 N–H and O–H groups in total. The summed E-state index contributed by atoms with van der Waals surface area (Å²) in [5, 5.41) is 11.9. The number of hydrogen-bond acceptors (Lipinski definition) is 5. The van der Waals surface area contributed by atoms with Crippen molar-refractivity contribution in [2.45, 2.75) is 51.5 Å². The number of hydrogen-bond donors (Lipinski definition) is 1. The van der Waals surface area contributed by atoms with Gasteiger partial charge in [-0.25, -0.2) is 4.39 Å². The molecule has 6 nitrogen and oxygen atoms in total. The molecule has 3 aromatic rings. The van der Waals surface area contributed by atoms with Crippen LogP contribution in [0.1, 0.15) is 54.9 Å². The summed E-state index contributed by atoms with van der Waals surface area (Å²) in [7, 11) is 0. The standard InChI is InChI=1S/C25H27FN4O2S/c1-2-3-4-6-17-8-10-19(11-9-17)24(32)30-16-5-7-21(30)22(31)27-25-29-28-23(33-25)18-12-14-20(26)15-13-18/h8-15,21H,2-7,16H2,1H3,(H,27,29,31). The van der Waals surface area contributed by atoms with E-state index >= 15 is 0 Å². The Kier molecular flexibility index (Phi) is 7.44. The minimum atomic E-state index is -0.542. The first kappa shape index (κ1) is 23.0. The lowest BCUT2D eigenvalue weighted by Crippen LogP contribution is -2.43. The van der Waals surface area contributed by atoms with Crippen molar-refractivity contribution >= 4 is 28.3 Å². The molecule has 172 valence electrons.